The zero-order valence-electron chi connectivity index (χ0n) is 8.07. The second-order valence-electron chi connectivity index (χ2n) is 3.61. The highest BCUT2D eigenvalue weighted by Crippen LogP contribution is 2.27. The average molecular weight is 193 g/mol. The summed E-state index contributed by atoms with van der Waals surface area (Å²) in [4.78, 5) is 0. The van der Waals surface area contributed by atoms with Gasteiger partial charge in [0.2, 0.25) is 0 Å². The quantitative estimate of drug-likeness (QED) is 0.736. The average Bonchev–Trinajstić information content (AvgIpc) is 2.27. The van der Waals surface area contributed by atoms with E-state index in [0.29, 0.717) is 0 Å². The molecule has 3 nitrogen and oxygen atoms in total. The second-order valence-corrected chi connectivity index (χ2v) is 3.61. The third kappa shape index (κ3) is 1.74. The van der Waals surface area contributed by atoms with Gasteiger partial charge in [-0.25, -0.2) is 0 Å². The molecule has 1 atom stereocenters. The Labute approximate surface area is 83.5 Å². The monoisotopic (exact) mass is 193 g/mol. The second kappa shape index (κ2) is 3.98. The van der Waals surface area contributed by atoms with Crippen LogP contribution in [0, 0.1) is 0 Å². The van der Waals surface area contributed by atoms with Gasteiger partial charge in [0.05, 0.1) is 19.3 Å². The van der Waals surface area contributed by atoms with Crippen LogP contribution in [0.4, 0.5) is 0 Å². The van der Waals surface area contributed by atoms with Crippen LogP contribution in [0.1, 0.15) is 23.6 Å². The van der Waals surface area contributed by atoms with E-state index in [-0.39, 0.29) is 12.6 Å². The van der Waals surface area contributed by atoms with Gasteiger partial charge >= 0.3 is 0 Å². The predicted octanol–water partition coefficient (Wildman–Crippen LogP) is 1.00. The molecule has 0 unspecified atom stereocenters. The Morgan fingerprint density at radius 2 is 2.36 bits per heavy atom. The first-order chi connectivity index (χ1) is 6.81. The van der Waals surface area contributed by atoms with Gasteiger partial charge in [-0.15, -0.1) is 0 Å². The van der Waals surface area contributed by atoms with Gasteiger partial charge in [0.1, 0.15) is 5.75 Å². The summed E-state index contributed by atoms with van der Waals surface area (Å²) in [6.45, 7) is 0.790. The Kier molecular flexibility index (Phi) is 2.70. The molecule has 0 bridgehead atoms. The van der Waals surface area contributed by atoms with Crippen molar-refractivity contribution < 1.29 is 9.84 Å². The first-order valence-corrected chi connectivity index (χ1v) is 4.93. The summed E-state index contributed by atoms with van der Waals surface area (Å²) in [5.74, 6) is 0.963. The number of ether oxygens (including phenoxy) is 1. The lowest BCUT2D eigenvalue weighted by Crippen LogP contribution is -2.16. The minimum absolute atomic E-state index is 0.0142. The molecule has 3 heteroatoms. The lowest BCUT2D eigenvalue weighted by Gasteiger charge is -2.19. The molecular weight excluding hydrogens is 178 g/mol. The van der Waals surface area contributed by atoms with E-state index in [2.05, 4.69) is 0 Å². The number of aliphatic hydroxyl groups is 1. The van der Waals surface area contributed by atoms with Crippen molar-refractivity contribution in [1.29, 1.82) is 0 Å². The molecule has 0 saturated carbocycles. The van der Waals surface area contributed by atoms with Crippen LogP contribution in [-0.4, -0.2) is 18.3 Å². The number of nitrogens with two attached hydrogens (primary N) is 1. The van der Waals surface area contributed by atoms with Crippen molar-refractivity contribution in [3.63, 3.8) is 0 Å². The van der Waals surface area contributed by atoms with Crippen LogP contribution in [0.25, 0.3) is 0 Å². The standard InChI is InChI=1S/C11H15NO2/c12-10(7-13)8-3-4-11-9(6-8)2-1-5-14-11/h3-4,6,10,13H,1-2,5,7,12H2/t10-/m0/s1. The van der Waals surface area contributed by atoms with Gasteiger partial charge in [-0.1, -0.05) is 12.1 Å². The molecule has 1 heterocycles. The van der Waals surface area contributed by atoms with E-state index in [0.717, 1.165) is 30.8 Å². The van der Waals surface area contributed by atoms with Gasteiger partial charge in [-0.2, -0.15) is 0 Å². The zero-order valence-corrected chi connectivity index (χ0v) is 8.07. The van der Waals surface area contributed by atoms with Crippen LogP contribution in [0.2, 0.25) is 0 Å². The molecule has 0 spiro atoms. The van der Waals surface area contributed by atoms with Crippen LogP contribution < -0.4 is 10.5 Å². The Hall–Kier alpha value is -1.06. The molecule has 0 amide bonds. The van der Waals surface area contributed by atoms with Gasteiger partial charge in [0, 0.05) is 0 Å². The number of hydrogen-bond donors (Lipinski definition) is 2. The van der Waals surface area contributed by atoms with Crippen LogP contribution >= 0.6 is 0 Å². The molecule has 3 N–H and O–H groups in total. The highest BCUT2D eigenvalue weighted by molar-refractivity contribution is 5.39. The molecule has 14 heavy (non-hydrogen) atoms. The zero-order chi connectivity index (χ0) is 9.97. The minimum atomic E-state index is -0.276. The van der Waals surface area contributed by atoms with Crippen LogP contribution in [0.3, 0.4) is 0 Å². The largest absolute Gasteiger partial charge is 0.493 e. The van der Waals surface area contributed by atoms with Crippen LogP contribution in [0.5, 0.6) is 5.75 Å². The van der Waals surface area contributed by atoms with E-state index in [1.54, 1.807) is 0 Å². The smallest absolute Gasteiger partial charge is 0.122 e. The maximum atomic E-state index is 8.94. The fourth-order valence-electron chi connectivity index (χ4n) is 1.72. The maximum Gasteiger partial charge on any atom is 0.122 e. The summed E-state index contributed by atoms with van der Waals surface area (Å²) >= 11 is 0. The SMILES string of the molecule is N[C@@H](CO)c1ccc2c(c1)CCCO2. The van der Waals surface area contributed by atoms with Crippen molar-refractivity contribution in [2.24, 2.45) is 5.73 Å². The van der Waals surface area contributed by atoms with E-state index >= 15 is 0 Å². The molecule has 1 aliphatic rings. The van der Waals surface area contributed by atoms with Gasteiger partial charge in [0.15, 0.2) is 0 Å². The summed E-state index contributed by atoms with van der Waals surface area (Å²) in [5.41, 5.74) is 7.93. The summed E-state index contributed by atoms with van der Waals surface area (Å²) in [6, 6.07) is 5.63. The Morgan fingerprint density at radius 3 is 3.14 bits per heavy atom. The fraction of sp³-hybridized carbons (Fsp3) is 0.455. The molecule has 1 aromatic carbocycles. The van der Waals surface area contributed by atoms with E-state index in [1.807, 2.05) is 18.2 Å². The first-order valence-electron chi connectivity index (χ1n) is 4.93. The van der Waals surface area contributed by atoms with Crippen molar-refractivity contribution in [1.82, 2.24) is 0 Å². The lowest BCUT2D eigenvalue weighted by molar-refractivity contribution is 0.266. The number of benzene rings is 1. The normalized spacial score (nSPS) is 17.0. The van der Waals surface area contributed by atoms with Crippen molar-refractivity contribution in [2.75, 3.05) is 13.2 Å². The molecule has 1 aliphatic heterocycles. The summed E-state index contributed by atoms with van der Waals surface area (Å²) < 4.78 is 5.49. The number of aryl methyl sites for hydroxylation is 1. The number of aliphatic hydroxyl groups excluding tert-OH is 1. The third-order valence-corrected chi connectivity index (χ3v) is 2.56. The molecule has 76 valence electrons. The molecule has 0 aliphatic carbocycles. The van der Waals surface area contributed by atoms with Crippen molar-refractivity contribution >= 4 is 0 Å². The lowest BCUT2D eigenvalue weighted by atomic mass is 10.00. The molecule has 0 radical (unpaired) electrons. The fourth-order valence-corrected chi connectivity index (χ4v) is 1.72. The van der Waals surface area contributed by atoms with Gasteiger partial charge in [-0.3, -0.25) is 0 Å². The highest BCUT2D eigenvalue weighted by Gasteiger charge is 2.12. The van der Waals surface area contributed by atoms with Crippen LogP contribution in [0.15, 0.2) is 18.2 Å². The molecular formula is C11H15NO2. The number of hydrogen-bond acceptors (Lipinski definition) is 3. The topological polar surface area (TPSA) is 55.5 Å². The van der Waals surface area contributed by atoms with E-state index in [1.165, 1.54) is 5.56 Å². The maximum absolute atomic E-state index is 8.94. The highest BCUT2D eigenvalue weighted by atomic mass is 16.5. The Balaban J connectivity index is 2.29. The van der Waals surface area contributed by atoms with Gasteiger partial charge in [0.25, 0.3) is 0 Å². The summed E-state index contributed by atoms with van der Waals surface area (Å²) in [6.07, 6.45) is 2.10. The Bertz CT molecular complexity index is 325. The number of fused-ring (bicyclic) bond motifs is 1. The minimum Gasteiger partial charge on any atom is -0.493 e. The Morgan fingerprint density at radius 1 is 1.50 bits per heavy atom. The van der Waals surface area contributed by atoms with Crippen molar-refractivity contribution in [3.05, 3.63) is 29.3 Å². The van der Waals surface area contributed by atoms with E-state index in [9.17, 15) is 0 Å². The van der Waals surface area contributed by atoms with Crippen molar-refractivity contribution in [3.8, 4) is 5.75 Å². The van der Waals surface area contributed by atoms with E-state index in [4.69, 9.17) is 15.6 Å². The molecule has 0 fully saturated rings. The molecule has 2 rings (SSSR count). The van der Waals surface area contributed by atoms with Gasteiger partial charge < -0.3 is 15.6 Å². The van der Waals surface area contributed by atoms with E-state index < -0.39 is 0 Å². The van der Waals surface area contributed by atoms with Gasteiger partial charge in [-0.05, 0) is 30.0 Å². The molecule has 1 aromatic rings. The van der Waals surface area contributed by atoms with Crippen LogP contribution in [-0.2, 0) is 6.42 Å². The molecule has 0 aromatic heterocycles. The first kappa shape index (κ1) is 9.49. The summed E-state index contributed by atoms with van der Waals surface area (Å²) in [7, 11) is 0. The third-order valence-electron chi connectivity index (χ3n) is 2.56. The summed E-state index contributed by atoms with van der Waals surface area (Å²) in [5, 5.41) is 8.94. The molecule has 0 saturated heterocycles. The van der Waals surface area contributed by atoms with Crippen molar-refractivity contribution in [2.45, 2.75) is 18.9 Å². The predicted molar refractivity (Wildman–Crippen MR) is 54.3 cm³/mol. The number of rotatable bonds is 2.